The lowest BCUT2D eigenvalue weighted by molar-refractivity contribution is 0.904. The molecule has 124 valence electrons. The quantitative estimate of drug-likeness (QED) is 0.468. The number of pyridine rings is 1. The van der Waals surface area contributed by atoms with Crippen LogP contribution in [0.3, 0.4) is 0 Å². The highest BCUT2D eigenvalue weighted by molar-refractivity contribution is 6.06. The average Bonchev–Trinajstić information content (AvgIpc) is 3.26. The summed E-state index contributed by atoms with van der Waals surface area (Å²) in [4.78, 5) is 13.5. The van der Waals surface area contributed by atoms with Crippen molar-refractivity contribution >= 4 is 22.3 Å². The number of benzene rings is 1. The van der Waals surface area contributed by atoms with Gasteiger partial charge in [0.2, 0.25) is 0 Å². The Bertz CT molecular complexity index is 1350. The lowest BCUT2D eigenvalue weighted by Crippen LogP contribution is -2.02. The molecule has 1 aromatic carbocycles. The Kier molecular flexibility index (Phi) is 2.85. The fourth-order valence-corrected chi connectivity index (χ4v) is 3.37. The van der Waals surface area contributed by atoms with E-state index in [2.05, 4.69) is 26.1 Å². The number of nitrogens with zero attached hydrogens (tertiary/aromatic N) is 7. The van der Waals surface area contributed by atoms with Crippen molar-refractivity contribution in [3.63, 3.8) is 0 Å². The monoisotopic (exact) mass is 339 g/mol. The Morgan fingerprint density at radius 3 is 2.58 bits per heavy atom. The summed E-state index contributed by atoms with van der Waals surface area (Å²) in [5.41, 5.74) is 5.33. The predicted octanol–water partition coefficient (Wildman–Crippen LogP) is 3.08. The lowest BCUT2D eigenvalue weighted by Gasteiger charge is -2.12. The molecule has 0 saturated heterocycles. The van der Waals surface area contributed by atoms with Crippen molar-refractivity contribution in [2.24, 2.45) is 0 Å². The predicted molar refractivity (Wildman–Crippen MR) is 96.7 cm³/mol. The standard InChI is InChI=1S/C19H13N7/c1-11-3-5-13(6-4-11)15-14(9-20)17-21-7-8-25(17)18-16(15)19-23-12(2)24-26(19)10-22-18/h3-8,10H,1-2H3. The van der Waals surface area contributed by atoms with Crippen LogP contribution in [-0.2, 0) is 0 Å². The number of imidazole rings is 1. The highest BCUT2D eigenvalue weighted by atomic mass is 15.3. The number of hydrogen-bond acceptors (Lipinski definition) is 5. The summed E-state index contributed by atoms with van der Waals surface area (Å²) in [5, 5.41) is 15.1. The third-order valence-electron chi connectivity index (χ3n) is 4.52. The number of aryl methyl sites for hydroxylation is 2. The molecule has 0 spiro atoms. The second-order valence-electron chi connectivity index (χ2n) is 6.22. The number of rotatable bonds is 1. The molecule has 0 aliphatic rings. The maximum absolute atomic E-state index is 9.92. The molecular weight excluding hydrogens is 326 g/mol. The van der Waals surface area contributed by atoms with Crippen LogP contribution in [0.15, 0.2) is 43.0 Å². The fraction of sp³-hybridized carbons (Fsp3) is 0.105. The summed E-state index contributed by atoms with van der Waals surface area (Å²) in [6, 6.07) is 10.4. The molecule has 0 unspecified atom stereocenters. The first-order valence-electron chi connectivity index (χ1n) is 8.15. The van der Waals surface area contributed by atoms with Crippen molar-refractivity contribution in [2.75, 3.05) is 0 Å². The van der Waals surface area contributed by atoms with E-state index in [-0.39, 0.29) is 0 Å². The van der Waals surface area contributed by atoms with Crippen LogP contribution in [0, 0.1) is 25.2 Å². The molecule has 0 bridgehead atoms. The van der Waals surface area contributed by atoms with Crippen LogP contribution in [-0.4, -0.2) is 29.0 Å². The Labute approximate surface area is 148 Å². The molecule has 5 aromatic rings. The smallest absolute Gasteiger partial charge is 0.169 e. The average molecular weight is 339 g/mol. The summed E-state index contributed by atoms with van der Waals surface area (Å²) in [7, 11) is 0. The summed E-state index contributed by atoms with van der Waals surface area (Å²) in [6.45, 7) is 3.87. The molecule has 4 heterocycles. The first-order valence-corrected chi connectivity index (χ1v) is 8.15. The molecule has 4 aromatic heterocycles. The van der Waals surface area contributed by atoms with Crippen molar-refractivity contribution in [1.82, 2.24) is 29.0 Å². The molecule has 0 saturated carbocycles. The fourth-order valence-electron chi connectivity index (χ4n) is 3.37. The molecule has 0 atom stereocenters. The summed E-state index contributed by atoms with van der Waals surface area (Å²) < 4.78 is 3.48. The first-order chi connectivity index (χ1) is 12.7. The van der Waals surface area contributed by atoms with E-state index in [1.807, 2.05) is 48.7 Å². The van der Waals surface area contributed by atoms with Crippen molar-refractivity contribution in [3.8, 4) is 17.2 Å². The van der Waals surface area contributed by atoms with Gasteiger partial charge >= 0.3 is 0 Å². The van der Waals surface area contributed by atoms with Gasteiger partial charge in [-0.25, -0.2) is 19.5 Å². The summed E-state index contributed by atoms with van der Waals surface area (Å²) in [5.74, 6) is 0.651. The molecule has 0 N–H and O–H groups in total. The lowest BCUT2D eigenvalue weighted by atomic mass is 9.97. The van der Waals surface area contributed by atoms with Gasteiger partial charge < -0.3 is 0 Å². The molecule has 0 radical (unpaired) electrons. The molecule has 7 heteroatoms. The Balaban J connectivity index is 2.10. The van der Waals surface area contributed by atoms with Gasteiger partial charge in [-0.1, -0.05) is 29.8 Å². The van der Waals surface area contributed by atoms with Crippen LogP contribution in [0.2, 0.25) is 0 Å². The minimum absolute atomic E-state index is 0.502. The molecular formula is C19H13N7. The van der Waals surface area contributed by atoms with Gasteiger partial charge in [0.1, 0.15) is 23.8 Å². The third-order valence-corrected chi connectivity index (χ3v) is 4.52. The van der Waals surface area contributed by atoms with E-state index in [4.69, 9.17) is 0 Å². The van der Waals surface area contributed by atoms with Crippen LogP contribution >= 0.6 is 0 Å². The normalized spacial score (nSPS) is 11.4. The molecule has 7 nitrogen and oxygen atoms in total. The van der Waals surface area contributed by atoms with Gasteiger partial charge in [0, 0.05) is 18.0 Å². The largest absolute Gasteiger partial charge is 0.283 e. The second-order valence-corrected chi connectivity index (χ2v) is 6.22. The van der Waals surface area contributed by atoms with Gasteiger partial charge in [-0.3, -0.25) is 4.40 Å². The Morgan fingerprint density at radius 1 is 1.00 bits per heavy atom. The molecule has 0 aliphatic heterocycles. The van der Waals surface area contributed by atoms with Crippen molar-refractivity contribution in [1.29, 1.82) is 5.26 Å². The zero-order valence-electron chi connectivity index (χ0n) is 14.2. The molecule has 0 aliphatic carbocycles. The molecule has 26 heavy (non-hydrogen) atoms. The molecule has 0 amide bonds. The van der Waals surface area contributed by atoms with Crippen LogP contribution in [0.4, 0.5) is 0 Å². The third kappa shape index (κ3) is 1.87. The van der Waals surface area contributed by atoms with E-state index in [1.165, 1.54) is 0 Å². The van der Waals surface area contributed by atoms with Crippen molar-refractivity contribution in [3.05, 3.63) is 59.9 Å². The van der Waals surface area contributed by atoms with Crippen LogP contribution in [0.5, 0.6) is 0 Å². The SMILES string of the molecule is Cc1ccc(-c2c(C#N)c3nccn3c3ncn4nc(C)nc4c23)cc1. The maximum Gasteiger partial charge on any atom is 0.169 e. The Hall–Kier alpha value is -3.79. The van der Waals surface area contributed by atoms with Gasteiger partial charge in [-0.2, -0.15) is 10.4 Å². The number of hydrogen-bond donors (Lipinski definition) is 0. The zero-order chi connectivity index (χ0) is 17.8. The zero-order valence-corrected chi connectivity index (χ0v) is 14.2. The maximum atomic E-state index is 9.92. The van der Waals surface area contributed by atoms with Gasteiger partial charge in [0.25, 0.3) is 0 Å². The Morgan fingerprint density at radius 2 is 1.81 bits per heavy atom. The van der Waals surface area contributed by atoms with E-state index < -0.39 is 0 Å². The summed E-state index contributed by atoms with van der Waals surface area (Å²) >= 11 is 0. The van der Waals surface area contributed by atoms with Crippen LogP contribution < -0.4 is 0 Å². The number of fused-ring (bicyclic) bond motifs is 5. The molecule has 0 fully saturated rings. The van der Waals surface area contributed by atoms with E-state index in [0.717, 1.165) is 22.1 Å². The van der Waals surface area contributed by atoms with Crippen LogP contribution in [0.25, 0.3) is 33.5 Å². The van der Waals surface area contributed by atoms with Crippen molar-refractivity contribution < 1.29 is 0 Å². The van der Waals surface area contributed by atoms with E-state index >= 15 is 0 Å². The van der Waals surface area contributed by atoms with Gasteiger partial charge in [-0.15, -0.1) is 0 Å². The van der Waals surface area contributed by atoms with Gasteiger partial charge in [0.15, 0.2) is 16.9 Å². The second kappa shape index (κ2) is 5.10. The minimum atomic E-state index is 0.502. The number of nitriles is 1. The minimum Gasteiger partial charge on any atom is -0.283 e. The van der Waals surface area contributed by atoms with Gasteiger partial charge in [-0.05, 0) is 19.4 Å². The molecule has 5 rings (SSSR count). The highest BCUT2D eigenvalue weighted by Gasteiger charge is 2.21. The van der Waals surface area contributed by atoms with Crippen molar-refractivity contribution in [2.45, 2.75) is 13.8 Å². The highest BCUT2D eigenvalue weighted by Crippen LogP contribution is 2.35. The van der Waals surface area contributed by atoms with E-state index in [1.54, 1.807) is 17.0 Å². The van der Waals surface area contributed by atoms with Gasteiger partial charge in [0.05, 0.1) is 5.39 Å². The van der Waals surface area contributed by atoms with E-state index in [9.17, 15) is 5.26 Å². The topological polar surface area (TPSA) is 84.2 Å². The van der Waals surface area contributed by atoms with E-state index in [0.29, 0.717) is 28.3 Å². The first kappa shape index (κ1) is 14.5. The summed E-state index contributed by atoms with van der Waals surface area (Å²) in [6.07, 6.45) is 5.13. The number of aromatic nitrogens is 6. The van der Waals surface area contributed by atoms with Crippen LogP contribution in [0.1, 0.15) is 17.0 Å².